The first-order valence-corrected chi connectivity index (χ1v) is 7.67. The number of carbonyl (C=O) groups is 1. The Morgan fingerprint density at radius 3 is 2.95 bits per heavy atom. The number of rotatable bonds is 4. The molecule has 0 spiro atoms. The van der Waals surface area contributed by atoms with Crippen molar-refractivity contribution in [3.63, 3.8) is 0 Å². The highest BCUT2D eigenvalue weighted by atomic mass is 16.2. The molecule has 1 aromatic rings. The van der Waals surface area contributed by atoms with Crippen molar-refractivity contribution in [2.75, 3.05) is 27.2 Å². The van der Waals surface area contributed by atoms with Gasteiger partial charge in [0.25, 0.3) is 0 Å². The van der Waals surface area contributed by atoms with Crippen molar-refractivity contribution in [3.05, 3.63) is 11.6 Å². The van der Waals surface area contributed by atoms with Gasteiger partial charge in [-0.05, 0) is 26.7 Å². The number of nitrogens with one attached hydrogen (secondary N) is 2. The van der Waals surface area contributed by atoms with E-state index in [1.807, 2.05) is 18.5 Å². The van der Waals surface area contributed by atoms with Crippen LogP contribution in [0.4, 0.5) is 0 Å². The molecule has 0 aliphatic carbocycles. The number of hydrogen-bond acceptors (Lipinski definition) is 4. The van der Waals surface area contributed by atoms with Crippen LogP contribution in [0.3, 0.4) is 0 Å². The molecule has 8 heteroatoms. The molecular weight excluding hydrogens is 282 g/mol. The zero-order chi connectivity index (χ0) is 16.1. The summed E-state index contributed by atoms with van der Waals surface area (Å²) in [5.41, 5.74) is 0. The second kappa shape index (κ2) is 7.24. The van der Waals surface area contributed by atoms with E-state index < -0.39 is 0 Å². The van der Waals surface area contributed by atoms with Gasteiger partial charge in [-0.3, -0.25) is 4.79 Å². The monoisotopic (exact) mass is 307 g/mol. The summed E-state index contributed by atoms with van der Waals surface area (Å²) in [4.78, 5) is 22.1. The Morgan fingerprint density at radius 2 is 2.27 bits per heavy atom. The van der Waals surface area contributed by atoms with E-state index in [9.17, 15) is 4.79 Å². The molecule has 0 aromatic carbocycles. The molecule has 1 aliphatic rings. The highest BCUT2D eigenvalue weighted by molar-refractivity contribution is 5.84. The predicted molar refractivity (Wildman–Crippen MR) is 84.5 cm³/mol. The Balaban J connectivity index is 2.08. The minimum absolute atomic E-state index is 0.0279. The van der Waals surface area contributed by atoms with E-state index in [2.05, 4.69) is 25.7 Å². The number of aliphatic imine (C=N–C) groups is 1. The van der Waals surface area contributed by atoms with Crippen LogP contribution in [0.25, 0.3) is 0 Å². The van der Waals surface area contributed by atoms with Gasteiger partial charge in [0, 0.05) is 27.2 Å². The molecule has 122 valence electrons. The van der Waals surface area contributed by atoms with Gasteiger partial charge < -0.3 is 15.5 Å². The second-order valence-electron chi connectivity index (χ2n) is 5.56. The number of amides is 1. The van der Waals surface area contributed by atoms with Crippen molar-refractivity contribution < 1.29 is 4.79 Å². The SMILES string of the molecule is CCNC(=NCC(=O)N(C)C)NC1CCCn2nc(C)nc21. The van der Waals surface area contributed by atoms with Gasteiger partial charge >= 0.3 is 0 Å². The van der Waals surface area contributed by atoms with Crippen LogP contribution in [0.2, 0.25) is 0 Å². The molecule has 22 heavy (non-hydrogen) atoms. The summed E-state index contributed by atoms with van der Waals surface area (Å²) in [5, 5.41) is 10.9. The Bertz CT molecular complexity index is 549. The van der Waals surface area contributed by atoms with Crippen molar-refractivity contribution in [2.45, 2.75) is 39.3 Å². The fraction of sp³-hybridized carbons (Fsp3) is 0.714. The first kappa shape index (κ1) is 16.3. The van der Waals surface area contributed by atoms with E-state index >= 15 is 0 Å². The molecule has 1 amide bonds. The van der Waals surface area contributed by atoms with Crippen LogP contribution in [-0.4, -0.2) is 58.7 Å². The Labute approximate surface area is 131 Å². The highest BCUT2D eigenvalue weighted by Gasteiger charge is 2.24. The van der Waals surface area contributed by atoms with Crippen molar-refractivity contribution in [1.82, 2.24) is 30.3 Å². The summed E-state index contributed by atoms with van der Waals surface area (Å²) >= 11 is 0. The lowest BCUT2D eigenvalue weighted by Gasteiger charge is -2.25. The average molecular weight is 307 g/mol. The van der Waals surface area contributed by atoms with Gasteiger partial charge in [-0.25, -0.2) is 14.7 Å². The fourth-order valence-electron chi connectivity index (χ4n) is 2.38. The molecule has 0 saturated carbocycles. The van der Waals surface area contributed by atoms with E-state index in [1.54, 1.807) is 14.1 Å². The number of likely N-dealkylation sites (N-methyl/N-ethyl adjacent to an activating group) is 1. The number of carbonyl (C=O) groups excluding carboxylic acids is 1. The molecule has 2 rings (SSSR count). The van der Waals surface area contributed by atoms with E-state index in [4.69, 9.17) is 0 Å². The number of aryl methyl sites for hydroxylation is 2. The quantitative estimate of drug-likeness (QED) is 0.607. The van der Waals surface area contributed by atoms with Crippen LogP contribution in [-0.2, 0) is 11.3 Å². The minimum atomic E-state index is -0.0279. The average Bonchev–Trinajstić information content (AvgIpc) is 2.85. The third-order valence-corrected chi connectivity index (χ3v) is 3.51. The Morgan fingerprint density at radius 1 is 1.50 bits per heavy atom. The summed E-state index contributed by atoms with van der Waals surface area (Å²) in [7, 11) is 3.45. The van der Waals surface area contributed by atoms with Gasteiger partial charge in [0.15, 0.2) is 5.96 Å². The molecule has 8 nitrogen and oxygen atoms in total. The van der Waals surface area contributed by atoms with E-state index in [0.29, 0.717) is 5.96 Å². The standard InChI is InChI=1S/C14H25N7O/c1-5-15-14(16-9-12(22)20(3)4)18-11-7-6-8-21-13(11)17-10(2)19-21/h11H,5-9H2,1-4H3,(H2,15,16,18). The summed E-state index contributed by atoms with van der Waals surface area (Å²) < 4.78 is 1.95. The number of aromatic nitrogens is 3. The normalized spacial score (nSPS) is 17.8. The highest BCUT2D eigenvalue weighted by Crippen LogP contribution is 2.22. The smallest absolute Gasteiger partial charge is 0.243 e. The molecule has 2 heterocycles. The van der Waals surface area contributed by atoms with Crippen molar-refractivity contribution >= 4 is 11.9 Å². The Hall–Kier alpha value is -2.12. The number of fused-ring (bicyclic) bond motifs is 1. The lowest BCUT2D eigenvalue weighted by Crippen LogP contribution is -2.42. The first-order valence-electron chi connectivity index (χ1n) is 7.67. The summed E-state index contributed by atoms with van der Waals surface area (Å²) in [6.45, 7) is 5.66. The van der Waals surface area contributed by atoms with Gasteiger partial charge in [0.05, 0.1) is 6.04 Å². The predicted octanol–water partition coefficient (Wildman–Crippen LogP) is 0.0647. The van der Waals surface area contributed by atoms with Gasteiger partial charge in [-0.2, -0.15) is 5.10 Å². The zero-order valence-electron chi connectivity index (χ0n) is 13.8. The van der Waals surface area contributed by atoms with Crippen LogP contribution in [0.15, 0.2) is 4.99 Å². The van der Waals surface area contributed by atoms with Crippen LogP contribution in [0, 0.1) is 6.92 Å². The largest absolute Gasteiger partial charge is 0.357 e. The molecule has 0 saturated heterocycles. The second-order valence-corrected chi connectivity index (χ2v) is 5.56. The van der Waals surface area contributed by atoms with Crippen LogP contribution in [0.1, 0.15) is 37.5 Å². The molecule has 1 aromatic heterocycles. The molecule has 1 aliphatic heterocycles. The summed E-state index contributed by atoms with van der Waals surface area (Å²) in [6.07, 6.45) is 2.02. The number of hydrogen-bond donors (Lipinski definition) is 2. The minimum Gasteiger partial charge on any atom is -0.357 e. The molecule has 2 N–H and O–H groups in total. The summed E-state index contributed by atoms with van der Waals surface area (Å²) in [5.74, 6) is 2.33. The molecular formula is C14H25N7O. The van der Waals surface area contributed by atoms with E-state index in [0.717, 1.165) is 37.6 Å². The van der Waals surface area contributed by atoms with Crippen LogP contribution in [0.5, 0.6) is 0 Å². The fourth-order valence-corrected chi connectivity index (χ4v) is 2.38. The summed E-state index contributed by atoms with van der Waals surface area (Å²) in [6, 6.07) is 0.0715. The van der Waals surface area contributed by atoms with Crippen molar-refractivity contribution in [1.29, 1.82) is 0 Å². The zero-order valence-corrected chi connectivity index (χ0v) is 13.8. The van der Waals surface area contributed by atoms with Gasteiger partial charge in [-0.1, -0.05) is 0 Å². The van der Waals surface area contributed by atoms with E-state index in [1.165, 1.54) is 4.90 Å². The van der Waals surface area contributed by atoms with Crippen LogP contribution < -0.4 is 10.6 Å². The third kappa shape index (κ3) is 3.96. The number of nitrogens with zero attached hydrogens (tertiary/aromatic N) is 5. The first-order chi connectivity index (χ1) is 10.5. The molecule has 0 fully saturated rings. The topological polar surface area (TPSA) is 87.4 Å². The number of guanidine groups is 1. The lowest BCUT2D eigenvalue weighted by atomic mass is 10.1. The Kier molecular flexibility index (Phi) is 5.35. The van der Waals surface area contributed by atoms with Crippen molar-refractivity contribution in [3.8, 4) is 0 Å². The maximum atomic E-state index is 11.7. The molecule has 1 atom stereocenters. The van der Waals surface area contributed by atoms with Crippen molar-refractivity contribution in [2.24, 2.45) is 4.99 Å². The lowest BCUT2D eigenvalue weighted by molar-refractivity contribution is -0.127. The van der Waals surface area contributed by atoms with Gasteiger partial charge in [0.1, 0.15) is 18.2 Å². The van der Waals surface area contributed by atoms with E-state index in [-0.39, 0.29) is 18.5 Å². The van der Waals surface area contributed by atoms with Gasteiger partial charge in [0.2, 0.25) is 5.91 Å². The molecule has 1 unspecified atom stereocenters. The maximum absolute atomic E-state index is 11.7. The van der Waals surface area contributed by atoms with Gasteiger partial charge in [-0.15, -0.1) is 0 Å². The maximum Gasteiger partial charge on any atom is 0.243 e. The molecule has 0 radical (unpaired) electrons. The van der Waals surface area contributed by atoms with Crippen LogP contribution >= 0.6 is 0 Å². The molecule has 0 bridgehead atoms. The third-order valence-electron chi connectivity index (χ3n) is 3.51.